The summed E-state index contributed by atoms with van der Waals surface area (Å²) in [7, 11) is 0. The maximum Gasteiger partial charge on any atom is 0.223 e. The van der Waals surface area contributed by atoms with Crippen molar-refractivity contribution in [2.45, 2.75) is 88.0 Å². The molecule has 9 heteroatoms. The number of hydrogen-bond acceptors (Lipinski definition) is 8. The van der Waals surface area contributed by atoms with E-state index in [-0.39, 0.29) is 30.1 Å². The van der Waals surface area contributed by atoms with Gasteiger partial charge in [0, 0.05) is 18.4 Å². The van der Waals surface area contributed by atoms with E-state index in [4.69, 9.17) is 28.4 Å². The molecule has 1 amide bonds. The molecular weight excluding hydrogens is 514 g/mol. The first-order valence-electron chi connectivity index (χ1n) is 15.6. The molecule has 0 heterocycles. The summed E-state index contributed by atoms with van der Waals surface area (Å²) in [6.07, 6.45) is 4.16. The lowest BCUT2D eigenvalue weighted by atomic mass is 9.91. The maximum atomic E-state index is 12.2. The fourth-order valence-corrected chi connectivity index (χ4v) is 2.94. The van der Waals surface area contributed by atoms with Crippen molar-refractivity contribution >= 4 is 11.7 Å². The van der Waals surface area contributed by atoms with Gasteiger partial charge in [0.1, 0.15) is 6.61 Å². The second kappa shape index (κ2) is 35.9. The predicted molar refractivity (Wildman–Crippen MR) is 163 cm³/mol. The van der Waals surface area contributed by atoms with Crippen LogP contribution in [0.4, 0.5) is 0 Å². The van der Waals surface area contributed by atoms with Crippen LogP contribution in [0.15, 0.2) is 0 Å². The third-order valence-corrected chi connectivity index (χ3v) is 5.54. The first-order chi connectivity index (χ1) is 19.3. The van der Waals surface area contributed by atoms with Gasteiger partial charge in [0.25, 0.3) is 0 Å². The number of ether oxygens (including phenoxy) is 6. The van der Waals surface area contributed by atoms with E-state index in [1.54, 1.807) is 0 Å². The van der Waals surface area contributed by atoms with Crippen molar-refractivity contribution < 1.29 is 38.0 Å². The third kappa shape index (κ3) is 33.1. The lowest BCUT2D eigenvalue weighted by Gasteiger charge is -2.18. The lowest BCUT2D eigenvalue weighted by Crippen LogP contribution is -2.34. The highest BCUT2D eigenvalue weighted by atomic mass is 16.6. The van der Waals surface area contributed by atoms with E-state index >= 15 is 0 Å². The molecule has 2 atom stereocenters. The lowest BCUT2D eigenvalue weighted by molar-refractivity contribution is -0.127. The number of amides is 1. The molecule has 0 aromatic heterocycles. The van der Waals surface area contributed by atoms with Gasteiger partial charge in [-0.1, -0.05) is 75.2 Å². The summed E-state index contributed by atoms with van der Waals surface area (Å²) >= 11 is 0. The number of hydrogen-bond donors (Lipinski definition) is 1. The zero-order valence-electron chi connectivity index (χ0n) is 27.5. The summed E-state index contributed by atoms with van der Waals surface area (Å²) < 4.78 is 32.4. The van der Waals surface area contributed by atoms with Gasteiger partial charge in [-0.05, 0) is 18.8 Å². The first kappa shape index (κ1) is 43.4. The molecular formula is C31H65NO8. The van der Waals surface area contributed by atoms with Gasteiger partial charge >= 0.3 is 0 Å². The van der Waals surface area contributed by atoms with Crippen LogP contribution < -0.4 is 5.32 Å². The van der Waals surface area contributed by atoms with Crippen LogP contribution in [0.2, 0.25) is 0 Å². The highest BCUT2D eigenvalue weighted by Crippen LogP contribution is 2.18. The van der Waals surface area contributed by atoms with Crippen LogP contribution in [0, 0.1) is 17.8 Å². The van der Waals surface area contributed by atoms with Crippen LogP contribution in [0.3, 0.4) is 0 Å². The van der Waals surface area contributed by atoms with Crippen molar-refractivity contribution in [2.24, 2.45) is 17.8 Å². The Morgan fingerprint density at radius 1 is 0.600 bits per heavy atom. The van der Waals surface area contributed by atoms with E-state index in [0.717, 1.165) is 19.3 Å². The molecule has 0 saturated heterocycles. The largest absolute Gasteiger partial charge is 0.377 e. The van der Waals surface area contributed by atoms with Gasteiger partial charge in [-0.3, -0.25) is 9.59 Å². The van der Waals surface area contributed by atoms with Crippen LogP contribution in [-0.4, -0.2) is 97.5 Å². The van der Waals surface area contributed by atoms with E-state index in [1.165, 1.54) is 6.42 Å². The topological polar surface area (TPSA) is 102 Å². The predicted octanol–water partition coefficient (Wildman–Crippen LogP) is 5.33. The molecule has 242 valence electrons. The van der Waals surface area contributed by atoms with Gasteiger partial charge in [-0.15, -0.1) is 0 Å². The Bertz CT molecular complexity index is 520. The standard InChI is InChI=1S/C26H51NO8.C3H8.C2H6/c1-6-23(5)20-24(7-2)26(29)27-8-9-30-10-11-31-12-13-32-14-15-33-16-17-34-18-19-35-21-25(28)22(3)4;1-3-2;1-2/h22-24H,6-21H2,1-5H3,(H,27,29);3H2,1-2H3;1-2H3. The van der Waals surface area contributed by atoms with Crippen molar-refractivity contribution in [3.05, 3.63) is 0 Å². The van der Waals surface area contributed by atoms with Crippen molar-refractivity contribution in [3.8, 4) is 0 Å². The normalized spacial score (nSPS) is 12.2. The molecule has 1 N–H and O–H groups in total. The summed E-state index contributed by atoms with van der Waals surface area (Å²) in [5.41, 5.74) is 0. The summed E-state index contributed by atoms with van der Waals surface area (Å²) in [5.74, 6) is 0.886. The molecule has 0 radical (unpaired) electrons. The first-order valence-corrected chi connectivity index (χ1v) is 15.6. The molecule has 0 aliphatic heterocycles. The number of Topliss-reactive ketones (excluding diaryl/α,β-unsaturated/α-hetero) is 1. The van der Waals surface area contributed by atoms with Crippen LogP contribution >= 0.6 is 0 Å². The van der Waals surface area contributed by atoms with Crippen LogP contribution in [0.5, 0.6) is 0 Å². The molecule has 0 aromatic rings. The minimum absolute atomic E-state index is 0.00157. The van der Waals surface area contributed by atoms with E-state index in [9.17, 15) is 9.59 Å². The molecule has 0 bridgehead atoms. The second-order valence-corrected chi connectivity index (χ2v) is 9.59. The van der Waals surface area contributed by atoms with Gasteiger partial charge in [0.05, 0.1) is 72.7 Å². The molecule has 9 nitrogen and oxygen atoms in total. The molecule has 0 saturated carbocycles. The van der Waals surface area contributed by atoms with Crippen LogP contribution in [0.1, 0.15) is 88.0 Å². The molecule has 0 aliphatic rings. The highest BCUT2D eigenvalue weighted by molar-refractivity contribution is 5.81. The monoisotopic (exact) mass is 579 g/mol. The Balaban J connectivity index is -0.00000255. The SMILES string of the molecule is CC.CCC.CCC(C)CC(CC)C(=O)NCCOCCOCCOCCOCCOCCOCC(=O)C(C)C. The Kier molecular flexibility index (Phi) is 38.9. The van der Waals surface area contributed by atoms with Gasteiger partial charge < -0.3 is 33.7 Å². The van der Waals surface area contributed by atoms with E-state index in [0.29, 0.717) is 85.1 Å². The Labute approximate surface area is 246 Å². The molecule has 0 aliphatic carbocycles. The van der Waals surface area contributed by atoms with Gasteiger partial charge in [-0.25, -0.2) is 0 Å². The zero-order valence-corrected chi connectivity index (χ0v) is 27.5. The fraction of sp³-hybridized carbons (Fsp3) is 0.935. The average molecular weight is 580 g/mol. The molecule has 0 spiro atoms. The van der Waals surface area contributed by atoms with Gasteiger partial charge in [-0.2, -0.15) is 0 Å². The van der Waals surface area contributed by atoms with Crippen molar-refractivity contribution in [2.75, 3.05) is 85.8 Å². The van der Waals surface area contributed by atoms with Crippen LogP contribution in [-0.2, 0) is 38.0 Å². The quantitative estimate of drug-likeness (QED) is 0.137. The molecule has 2 unspecified atom stereocenters. The van der Waals surface area contributed by atoms with E-state index in [1.807, 2.05) is 27.7 Å². The molecule has 0 aromatic carbocycles. The Morgan fingerprint density at radius 2 is 0.975 bits per heavy atom. The van der Waals surface area contributed by atoms with Crippen LogP contribution in [0.25, 0.3) is 0 Å². The number of carbonyl (C=O) groups excluding carboxylic acids is 2. The molecule has 40 heavy (non-hydrogen) atoms. The minimum Gasteiger partial charge on any atom is -0.377 e. The summed E-state index contributed by atoms with van der Waals surface area (Å²) in [6, 6.07) is 0. The number of nitrogens with one attached hydrogen (secondary N) is 1. The summed E-state index contributed by atoms with van der Waals surface area (Å²) in [6.45, 7) is 24.3. The smallest absolute Gasteiger partial charge is 0.223 e. The van der Waals surface area contributed by atoms with E-state index < -0.39 is 0 Å². The summed E-state index contributed by atoms with van der Waals surface area (Å²) in [5, 5.41) is 2.96. The third-order valence-electron chi connectivity index (χ3n) is 5.54. The van der Waals surface area contributed by atoms with Gasteiger partial charge in [0.15, 0.2) is 5.78 Å². The highest BCUT2D eigenvalue weighted by Gasteiger charge is 2.18. The number of ketones is 1. The van der Waals surface area contributed by atoms with Crippen molar-refractivity contribution in [1.82, 2.24) is 5.32 Å². The fourth-order valence-electron chi connectivity index (χ4n) is 2.94. The van der Waals surface area contributed by atoms with Crippen molar-refractivity contribution in [3.63, 3.8) is 0 Å². The number of rotatable bonds is 26. The van der Waals surface area contributed by atoms with E-state index in [2.05, 4.69) is 39.9 Å². The maximum absolute atomic E-state index is 12.2. The van der Waals surface area contributed by atoms with Gasteiger partial charge in [0.2, 0.25) is 5.91 Å². The number of carbonyl (C=O) groups is 2. The average Bonchev–Trinajstić information content (AvgIpc) is 2.95. The Hall–Kier alpha value is -1.10. The van der Waals surface area contributed by atoms with Crippen molar-refractivity contribution in [1.29, 1.82) is 0 Å². The molecule has 0 fully saturated rings. The second-order valence-electron chi connectivity index (χ2n) is 9.59. The Morgan fingerprint density at radius 3 is 1.32 bits per heavy atom. The minimum atomic E-state index is 0.00157. The molecule has 0 rings (SSSR count). The summed E-state index contributed by atoms with van der Waals surface area (Å²) in [4.78, 5) is 23.6. The zero-order chi connectivity index (χ0) is 30.9.